The molecule has 1 saturated carbocycles. The van der Waals surface area contributed by atoms with Crippen molar-refractivity contribution >= 4 is 48.8 Å². The van der Waals surface area contributed by atoms with Gasteiger partial charge in [0.25, 0.3) is 15.0 Å². The fourth-order valence-corrected chi connectivity index (χ4v) is 3.75. The van der Waals surface area contributed by atoms with Gasteiger partial charge in [-0.2, -0.15) is 0 Å². The van der Waals surface area contributed by atoms with Gasteiger partial charge >= 0.3 is 0 Å². The van der Waals surface area contributed by atoms with Gasteiger partial charge in [-0.1, -0.05) is 23.2 Å². The van der Waals surface area contributed by atoms with E-state index < -0.39 is 9.05 Å². The van der Waals surface area contributed by atoms with Crippen LogP contribution < -0.4 is 0 Å². The molecule has 0 unspecified atom stereocenters. The summed E-state index contributed by atoms with van der Waals surface area (Å²) in [5.74, 6) is -0.268. The van der Waals surface area contributed by atoms with Crippen molar-refractivity contribution in [1.82, 2.24) is 4.90 Å². The first-order valence-corrected chi connectivity index (χ1v) is 9.07. The van der Waals surface area contributed by atoms with E-state index in [4.69, 9.17) is 33.9 Å². The fourth-order valence-electron chi connectivity index (χ4n) is 1.98. The van der Waals surface area contributed by atoms with Gasteiger partial charge in [0, 0.05) is 28.8 Å². The molecule has 0 radical (unpaired) electrons. The molecule has 1 fully saturated rings. The van der Waals surface area contributed by atoms with Crippen LogP contribution in [0.5, 0.6) is 0 Å². The summed E-state index contributed by atoms with van der Waals surface area (Å²) in [5.41, 5.74) is 0.173. The first-order valence-electron chi connectivity index (χ1n) is 6.00. The van der Waals surface area contributed by atoms with E-state index in [0.29, 0.717) is 6.54 Å². The topological polar surface area (TPSA) is 54.5 Å². The molecule has 1 aromatic carbocycles. The Labute approximate surface area is 132 Å². The second-order valence-electron chi connectivity index (χ2n) is 4.53. The van der Waals surface area contributed by atoms with Crippen LogP contribution in [0.4, 0.5) is 0 Å². The largest absolute Gasteiger partial charge is 0.336 e. The van der Waals surface area contributed by atoms with Crippen molar-refractivity contribution in [3.63, 3.8) is 0 Å². The maximum absolute atomic E-state index is 12.4. The molecule has 0 N–H and O–H groups in total. The average molecular weight is 357 g/mol. The van der Waals surface area contributed by atoms with Crippen LogP contribution >= 0.6 is 33.9 Å². The van der Waals surface area contributed by atoms with Gasteiger partial charge in [0.2, 0.25) is 0 Å². The molecule has 110 valence electrons. The highest BCUT2D eigenvalue weighted by Gasteiger charge is 2.32. The summed E-state index contributed by atoms with van der Waals surface area (Å²) in [4.78, 5) is 13.7. The monoisotopic (exact) mass is 355 g/mol. The van der Waals surface area contributed by atoms with E-state index >= 15 is 0 Å². The van der Waals surface area contributed by atoms with Crippen LogP contribution in [0.15, 0.2) is 17.0 Å². The van der Waals surface area contributed by atoms with Crippen LogP contribution in [0, 0.1) is 0 Å². The summed E-state index contributed by atoms with van der Waals surface area (Å²) in [6.45, 7) is 2.42. The van der Waals surface area contributed by atoms with E-state index in [1.165, 1.54) is 12.1 Å². The third-order valence-electron chi connectivity index (χ3n) is 3.09. The van der Waals surface area contributed by atoms with Crippen molar-refractivity contribution in [3.8, 4) is 0 Å². The molecule has 8 heteroatoms. The molecular weight excluding hydrogens is 345 g/mol. The minimum atomic E-state index is -4.06. The predicted molar refractivity (Wildman–Crippen MR) is 79.2 cm³/mol. The van der Waals surface area contributed by atoms with Crippen molar-refractivity contribution in [3.05, 3.63) is 27.7 Å². The number of rotatable bonds is 4. The van der Waals surface area contributed by atoms with Gasteiger partial charge in [0.1, 0.15) is 4.90 Å². The summed E-state index contributed by atoms with van der Waals surface area (Å²) >= 11 is 11.7. The first kappa shape index (κ1) is 15.9. The first-order chi connectivity index (χ1) is 9.25. The Balaban J connectivity index is 2.47. The van der Waals surface area contributed by atoms with E-state index in [1.807, 2.05) is 6.92 Å². The van der Waals surface area contributed by atoms with Gasteiger partial charge in [0.05, 0.1) is 10.0 Å². The summed E-state index contributed by atoms with van der Waals surface area (Å²) in [6, 6.07) is 2.75. The lowest BCUT2D eigenvalue weighted by Gasteiger charge is -2.21. The van der Waals surface area contributed by atoms with Crippen LogP contribution in [0.25, 0.3) is 0 Å². The number of carbonyl (C=O) groups excluding carboxylic acids is 1. The van der Waals surface area contributed by atoms with Crippen molar-refractivity contribution in [2.75, 3.05) is 6.54 Å². The quantitative estimate of drug-likeness (QED) is 0.775. The van der Waals surface area contributed by atoms with E-state index in [0.717, 1.165) is 12.8 Å². The van der Waals surface area contributed by atoms with Gasteiger partial charge in [-0.15, -0.1) is 0 Å². The molecule has 2 rings (SSSR count). The average Bonchev–Trinajstić information content (AvgIpc) is 3.16. The van der Waals surface area contributed by atoms with E-state index in [-0.39, 0.29) is 32.5 Å². The molecule has 1 aliphatic carbocycles. The highest BCUT2D eigenvalue weighted by molar-refractivity contribution is 8.13. The molecule has 0 bridgehead atoms. The number of hydrogen-bond acceptors (Lipinski definition) is 3. The number of hydrogen-bond donors (Lipinski definition) is 0. The van der Waals surface area contributed by atoms with Gasteiger partial charge in [0.15, 0.2) is 0 Å². The molecular formula is C12H12Cl3NO3S. The maximum atomic E-state index is 12.4. The maximum Gasteiger partial charge on any atom is 0.262 e. The van der Waals surface area contributed by atoms with Crippen molar-refractivity contribution < 1.29 is 13.2 Å². The summed E-state index contributed by atoms with van der Waals surface area (Å²) in [6.07, 6.45) is 1.92. The zero-order chi connectivity index (χ0) is 15.1. The van der Waals surface area contributed by atoms with Crippen molar-refractivity contribution in [1.29, 1.82) is 0 Å². The second-order valence-corrected chi connectivity index (χ2v) is 7.85. The van der Waals surface area contributed by atoms with Crippen molar-refractivity contribution in [2.24, 2.45) is 0 Å². The third kappa shape index (κ3) is 3.22. The van der Waals surface area contributed by atoms with Crippen LogP contribution in [-0.2, 0) is 9.05 Å². The third-order valence-corrected chi connectivity index (χ3v) is 5.35. The number of halogens is 3. The van der Waals surface area contributed by atoms with Crippen LogP contribution in [-0.4, -0.2) is 31.8 Å². The van der Waals surface area contributed by atoms with E-state index in [9.17, 15) is 13.2 Å². The van der Waals surface area contributed by atoms with E-state index in [1.54, 1.807) is 4.90 Å². The minimum absolute atomic E-state index is 0.0106. The number of amides is 1. The highest BCUT2D eigenvalue weighted by atomic mass is 35.7. The van der Waals surface area contributed by atoms with Crippen LogP contribution in [0.1, 0.15) is 30.1 Å². The molecule has 0 aliphatic heterocycles. The minimum Gasteiger partial charge on any atom is -0.336 e. The van der Waals surface area contributed by atoms with Gasteiger partial charge in [-0.25, -0.2) is 8.42 Å². The van der Waals surface area contributed by atoms with Gasteiger partial charge in [-0.3, -0.25) is 4.79 Å². The molecule has 0 heterocycles. The zero-order valence-corrected chi connectivity index (χ0v) is 13.7. The Morgan fingerprint density at radius 2 is 1.95 bits per heavy atom. The number of benzene rings is 1. The second kappa shape index (κ2) is 5.72. The highest BCUT2D eigenvalue weighted by Crippen LogP contribution is 2.34. The van der Waals surface area contributed by atoms with Crippen LogP contribution in [0.3, 0.4) is 0 Å². The molecule has 0 aromatic heterocycles. The van der Waals surface area contributed by atoms with E-state index in [2.05, 4.69) is 0 Å². The summed E-state index contributed by atoms with van der Waals surface area (Å²) < 4.78 is 22.9. The Morgan fingerprint density at radius 1 is 1.35 bits per heavy atom. The number of nitrogens with zero attached hydrogens (tertiary/aromatic N) is 1. The smallest absolute Gasteiger partial charge is 0.262 e. The molecule has 1 aliphatic rings. The summed E-state index contributed by atoms with van der Waals surface area (Å²) in [5, 5.41) is -0.184. The molecule has 20 heavy (non-hydrogen) atoms. The molecule has 1 aromatic rings. The standard InChI is InChI=1S/C12H12Cl3NO3S/c1-2-16(8-3-4-8)12(17)7-5-9(13)11(14)10(6-7)20(15,18)19/h5-6,8H,2-4H2,1H3. The predicted octanol–water partition coefficient (Wildman–Crippen LogP) is 3.55. The Morgan fingerprint density at radius 3 is 2.40 bits per heavy atom. The molecule has 0 spiro atoms. The molecule has 0 saturated heterocycles. The van der Waals surface area contributed by atoms with Crippen LogP contribution in [0.2, 0.25) is 10.0 Å². The molecule has 1 amide bonds. The number of carbonyl (C=O) groups is 1. The lowest BCUT2D eigenvalue weighted by Crippen LogP contribution is -2.32. The lowest BCUT2D eigenvalue weighted by atomic mass is 10.2. The lowest BCUT2D eigenvalue weighted by molar-refractivity contribution is 0.0752. The van der Waals surface area contributed by atoms with Gasteiger partial charge in [-0.05, 0) is 31.9 Å². The Kier molecular flexibility index (Phi) is 4.54. The Bertz CT molecular complexity index is 656. The normalized spacial score (nSPS) is 15.2. The van der Waals surface area contributed by atoms with Crippen molar-refractivity contribution in [2.45, 2.75) is 30.7 Å². The zero-order valence-electron chi connectivity index (χ0n) is 10.6. The SMILES string of the molecule is CCN(C(=O)c1cc(Cl)c(Cl)c(S(=O)(=O)Cl)c1)C1CC1. The molecule has 0 atom stereocenters. The molecule has 4 nitrogen and oxygen atoms in total. The fraction of sp³-hybridized carbons (Fsp3) is 0.417. The summed E-state index contributed by atoms with van der Waals surface area (Å²) in [7, 11) is 1.24. The van der Waals surface area contributed by atoms with Gasteiger partial charge < -0.3 is 4.90 Å². The Hall–Kier alpha value is -0.490.